The van der Waals surface area contributed by atoms with Crippen LogP contribution in [0.4, 0.5) is 5.69 Å². The van der Waals surface area contributed by atoms with Gasteiger partial charge in [-0.1, -0.05) is 0 Å². The maximum absolute atomic E-state index is 11.6. The van der Waals surface area contributed by atoms with Gasteiger partial charge in [-0.3, -0.25) is 4.79 Å². The highest BCUT2D eigenvalue weighted by Crippen LogP contribution is 2.01. The Balaban J connectivity index is 2.55. The topological polar surface area (TPSA) is 116 Å². The number of pyridine rings is 1. The van der Waals surface area contributed by atoms with Gasteiger partial charge < -0.3 is 10.3 Å². The first kappa shape index (κ1) is 16.7. The molecule has 0 saturated heterocycles. The van der Waals surface area contributed by atoms with Crippen molar-refractivity contribution in [1.29, 1.82) is 0 Å². The van der Waals surface area contributed by atoms with Crippen LogP contribution < -0.4 is 11.3 Å². The molecule has 0 spiro atoms. The molecule has 0 radical (unpaired) electrons. The van der Waals surface area contributed by atoms with E-state index in [0.29, 0.717) is 5.69 Å². The van der Waals surface area contributed by atoms with Gasteiger partial charge in [0.25, 0.3) is 5.56 Å². The molecule has 9 heteroatoms. The number of aryl methyl sites for hydroxylation is 1. The average Bonchev–Trinajstić information content (AvgIpc) is 2.30. The lowest BCUT2D eigenvalue weighted by molar-refractivity contribution is 0.581. The lowest BCUT2D eigenvalue weighted by Crippen LogP contribution is -2.22. The molecule has 0 aliphatic carbocycles. The number of hydrogen-bond donors (Lipinski definition) is 1. The number of anilines is 1. The number of nitrogens with zero attached hydrogens (tertiary/aromatic N) is 1. The van der Waals surface area contributed by atoms with E-state index in [-0.39, 0.29) is 30.0 Å². The predicted octanol–water partition coefficient (Wildman–Crippen LogP) is -0.720. The molecule has 20 heavy (non-hydrogen) atoms. The van der Waals surface area contributed by atoms with Gasteiger partial charge >= 0.3 is 0 Å². The minimum atomic E-state index is -3.43. The van der Waals surface area contributed by atoms with Gasteiger partial charge in [-0.05, 0) is 12.5 Å². The molecule has 0 unspecified atom stereocenters. The second kappa shape index (κ2) is 6.40. The van der Waals surface area contributed by atoms with Crippen LogP contribution in [0.5, 0.6) is 0 Å². The lowest BCUT2D eigenvalue weighted by atomic mass is 10.4. The normalized spacial score (nSPS) is 12.4. The number of aromatic nitrogens is 1. The molecule has 2 N–H and O–H groups in total. The van der Waals surface area contributed by atoms with Crippen molar-refractivity contribution in [2.45, 2.75) is 13.0 Å². The van der Waals surface area contributed by atoms with E-state index >= 15 is 0 Å². The van der Waals surface area contributed by atoms with Crippen LogP contribution in [0.1, 0.15) is 6.42 Å². The second-order valence-corrected chi connectivity index (χ2v) is 9.19. The quantitative estimate of drug-likeness (QED) is 0.708. The van der Waals surface area contributed by atoms with Gasteiger partial charge in [-0.15, -0.1) is 0 Å². The molecule has 0 bridgehead atoms. The minimum Gasteiger partial charge on any atom is -0.398 e. The summed E-state index contributed by atoms with van der Waals surface area (Å²) in [5.41, 5.74) is 5.70. The Bertz CT molecular complexity index is 719. The van der Waals surface area contributed by atoms with Crippen LogP contribution in [0.3, 0.4) is 0 Å². The molecule has 0 aliphatic rings. The van der Waals surface area contributed by atoms with E-state index in [1.807, 2.05) is 0 Å². The summed E-state index contributed by atoms with van der Waals surface area (Å²) in [6.45, 7) is 0.224. The number of sulfone groups is 2. The first-order valence-corrected chi connectivity index (χ1v) is 9.81. The van der Waals surface area contributed by atoms with Gasteiger partial charge in [0.05, 0.1) is 17.3 Å². The van der Waals surface area contributed by atoms with Crippen LogP contribution in [0.2, 0.25) is 0 Å². The van der Waals surface area contributed by atoms with Gasteiger partial charge in [0.1, 0.15) is 9.84 Å². The zero-order chi connectivity index (χ0) is 15.4. The number of rotatable bonds is 7. The molecule has 0 saturated carbocycles. The molecule has 0 fully saturated rings. The molecule has 1 heterocycles. The van der Waals surface area contributed by atoms with Gasteiger partial charge in [-0.2, -0.15) is 0 Å². The Labute approximate surface area is 118 Å². The summed E-state index contributed by atoms with van der Waals surface area (Å²) in [4.78, 5) is 11.5. The zero-order valence-electron chi connectivity index (χ0n) is 11.1. The molecule has 1 aromatic rings. The molecule has 7 nitrogen and oxygen atoms in total. The Morgan fingerprint density at radius 2 is 1.75 bits per heavy atom. The smallest absolute Gasteiger partial charge is 0.250 e. The standard InChI is InChI=1S/C11H18N2O5S2/c1-19(15,16)7-8-20(17,18)6-2-5-13-9-10(12)3-4-11(13)14/h3-4,9H,2,5-8,12H2,1H3. The van der Waals surface area contributed by atoms with Crippen LogP contribution in [-0.2, 0) is 26.2 Å². The highest BCUT2D eigenvalue weighted by Gasteiger charge is 2.14. The van der Waals surface area contributed by atoms with E-state index in [2.05, 4.69) is 0 Å². The van der Waals surface area contributed by atoms with E-state index < -0.39 is 25.4 Å². The summed E-state index contributed by atoms with van der Waals surface area (Å²) >= 11 is 0. The summed E-state index contributed by atoms with van der Waals surface area (Å²) < 4.78 is 46.5. The van der Waals surface area contributed by atoms with Gasteiger partial charge in [0.2, 0.25) is 0 Å². The SMILES string of the molecule is CS(=O)(=O)CCS(=O)(=O)CCCn1cc(N)ccc1=O. The molecule has 114 valence electrons. The second-order valence-electron chi connectivity index (χ2n) is 4.63. The summed E-state index contributed by atoms with van der Waals surface area (Å²) in [5, 5.41) is 0. The largest absolute Gasteiger partial charge is 0.398 e. The Hall–Kier alpha value is -1.35. The van der Waals surface area contributed by atoms with E-state index in [1.54, 1.807) is 0 Å². The van der Waals surface area contributed by atoms with Crippen molar-refractivity contribution in [2.75, 3.05) is 29.2 Å². The van der Waals surface area contributed by atoms with Crippen LogP contribution in [0.15, 0.2) is 23.1 Å². The monoisotopic (exact) mass is 322 g/mol. The number of nitrogen functional groups attached to an aromatic ring is 1. The third kappa shape index (κ3) is 6.20. The minimum absolute atomic E-state index is 0.163. The Kier molecular flexibility index (Phi) is 5.35. The Morgan fingerprint density at radius 1 is 1.10 bits per heavy atom. The maximum atomic E-state index is 11.6. The summed E-state index contributed by atoms with van der Waals surface area (Å²) in [7, 11) is -6.73. The average molecular weight is 322 g/mol. The van der Waals surface area contributed by atoms with Crippen molar-refractivity contribution in [3.05, 3.63) is 28.7 Å². The zero-order valence-corrected chi connectivity index (χ0v) is 12.8. The van der Waals surface area contributed by atoms with Crippen molar-refractivity contribution in [3.8, 4) is 0 Å². The summed E-state index contributed by atoms with van der Waals surface area (Å²) in [6, 6.07) is 2.79. The lowest BCUT2D eigenvalue weighted by Gasteiger charge is -2.07. The molecule has 0 aromatic carbocycles. The fraction of sp³-hybridized carbons (Fsp3) is 0.545. The van der Waals surface area contributed by atoms with Crippen molar-refractivity contribution in [3.63, 3.8) is 0 Å². The molecule has 1 aromatic heterocycles. The van der Waals surface area contributed by atoms with Gasteiger partial charge in [0.15, 0.2) is 9.84 Å². The van der Waals surface area contributed by atoms with E-state index in [4.69, 9.17) is 5.73 Å². The molecular formula is C11H18N2O5S2. The highest BCUT2D eigenvalue weighted by molar-refractivity contribution is 7.94. The van der Waals surface area contributed by atoms with E-state index in [9.17, 15) is 21.6 Å². The first-order valence-electron chi connectivity index (χ1n) is 5.93. The van der Waals surface area contributed by atoms with Crippen molar-refractivity contribution in [1.82, 2.24) is 4.57 Å². The van der Waals surface area contributed by atoms with Crippen LogP contribution >= 0.6 is 0 Å². The molecule has 0 aliphatic heterocycles. The third-order valence-electron chi connectivity index (χ3n) is 2.63. The molecule has 1 rings (SSSR count). The van der Waals surface area contributed by atoms with Crippen LogP contribution in [0, 0.1) is 0 Å². The maximum Gasteiger partial charge on any atom is 0.250 e. The number of nitrogens with two attached hydrogens (primary N) is 1. The fourth-order valence-corrected chi connectivity index (χ4v) is 4.56. The Morgan fingerprint density at radius 3 is 2.35 bits per heavy atom. The van der Waals surface area contributed by atoms with Crippen molar-refractivity contribution in [2.24, 2.45) is 0 Å². The van der Waals surface area contributed by atoms with Crippen LogP contribution in [0.25, 0.3) is 0 Å². The van der Waals surface area contributed by atoms with Gasteiger partial charge in [0, 0.05) is 30.8 Å². The predicted molar refractivity (Wildman–Crippen MR) is 78.1 cm³/mol. The van der Waals surface area contributed by atoms with Crippen LogP contribution in [-0.4, -0.2) is 44.9 Å². The summed E-state index contributed by atoms with van der Waals surface area (Å²) in [5.74, 6) is -0.936. The highest BCUT2D eigenvalue weighted by atomic mass is 32.2. The van der Waals surface area contributed by atoms with E-state index in [1.165, 1.54) is 22.9 Å². The fourth-order valence-electron chi connectivity index (χ4n) is 1.56. The van der Waals surface area contributed by atoms with Crippen molar-refractivity contribution < 1.29 is 16.8 Å². The molecule has 0 amide bonds. The molecular weight excluding hydrogens is 304 g/mol. The number of hydrogen-bond acceptors (Lipinski definition) is 6. The molecule has 0 atom stereocenters. The first-order chi connectivity index (χ1) is 9.09. The summed E-state index contributed by atoms with van der Waals surface area (Å²) in [6.07, 6.45) is 2.68. The van der Waals surface area contributed by atoms with Crippen molar-refractivity contribution >= 4 is 25.4 Å². The third-order valence-corrected chi connectivity index (χ3v) is 5.57. The van der Waals surface area contributed by atoms with E-state index in [0.717, 1.165) is 6.26 Å². The van der Waals surface area contributed by atoms with Gasteiger partial charge in [-0.25, -0.2) is 16.8 Å².